The van der Waals surface area contributed by atoms with Crippen molar-refractivity contribution in [1.29, 1.82) is 0 Å². The molecule has 1 aromatic carbocycles. The Morgan fingerprint density at radius 1 is 1.24 bits per heavy atom. The van der Waals surface area contributed by atoms with E-state index in [1.807, 2.05) is 25.2 Å². The summed E-state index contributed by atoms with van der Waals surface area (Å²) >= 11 is 0. The Kier molecular flexibility index (Phi) is 8.12. The van der Waals surface area contributed by atoms with Crippen LogP contribution in [0.5, 0.6) is 11.5 Å². The third-order valence-corrected chi connectivity index (χ3v) is 3.40. The molecular formula is C16H28N2O3. The zero-order valence-corrected chi connectivity index (χ0v) is 13.6. The normalized spacial score (nSPS) is 12.5. The van der Waals surface area contributed by atoms with Crippen LogP contribution >= 0.6 is 0 Å². The number of benzene rings is 1. The second-order valence-electron chi connectivity index (χ2n) is 4.97. The van der Waals surface area contributed by atoms with Gasteiger partial charge in [0.1, 0.15) is 12.7 Å². The first-order valence-electron chi connectivity index (χ1n) is 7.49. The highest BCUT2D eigenvalue weighted by atomic mass is 16.5. The van der Waals surface area contributed by atoms with E-state index >= 15 is 0 Å². The fourth-order valence-electron chi connectivity index (χ4n) is 2.16. The number of hydrogen-bond donors (Lipinski definition) is 2. The van der Waals surface area contributed by atoms with Crippen molar-refractivity contribution >= 4 is 0 Å². The molecule has 0 heterocycles. The van der Waals surface area contributed by atoms with Crippen molar-refractivity contribution in [2.24, 2.45) is 0 Å². The first kappa shape index (κ1) is 17.8. The van der Waals surface area contributed by atoms with E-state index in [1.54, 1.807) is 7.11 Å². The molecule has 0 amide bonds. The molecule has 0 aliphatic rings. The SMILES string of the molecule is CCN(CC)CC(O)COc1ccc(CNC)cc1OC. The predicted octanol–water partition coefficient (Wildman–Crippen LogP) is 1.50. The summed E-state index contributed by atoms with van der Waals surface area (Å²) in [5, 5.41) is 13.1. The van der Waals surface area contributed by atoms with Crippen LogP contribution in [0.2, 0.25) is 0 Å². The van der Waals surface area contributed by atoms with Crippen molar-refractivity contribution < 1.29 is 14.6 Å². The molecule has 0 saturated carbocycles. The van der Waals surface area contributed by atoms with Crippen LogP contribution in [-0.2, 0) is 6.54 Å². The van der Waals surface area contributed by atoms with Crippen molar-refractivity contribution in [2.75, 3.05) is 40.4 Å². The van der Waals surface area contributed by atoms with Crippen LogP contribution in [0.3, 0.4) is 0 Å². The average Bonchev–Trinajstić information content (AvgIpc) is 2.51. The molecule has 0 saturated heterocycles. The molecule has 5 nitrogen and oxygen atoms in total. The van der Waals surface area contributed by atoms with Crippen LogP contribution in [-0.4, -0.2) is 56.5 Å². The monoisotopic (exact) mass is 296 g/mol. The van der Waals surface area contributed by atoms with Gasteiger partial charge < -0.3 is 24.8 Å². The van der Waals surface area contributed by atoms with Crippen LogP contribution in [0, 0.1) is 0 Å². The van der Waals surface area contributed by atoms with Gasteiger partial charge in [-0.05, 0) is 37.8 Å². The first-order valence-corrected chi connectivity index (χ1v) is 7.49. The highest BCUT2D eigenvalue weighted by Crippen LogP contribution is 2.28. The number of likely N-dealkylation sites (N-methyl/N-ethyl adjacent to an activating group) is 1. The summed E-state index contributed by atoms with van der Waals surface area (Å²) in [5.74, 6) is 1.36. The van der Waals surface area contributed by atoms with E-state index in [4.69, 9.17) is 9.47 Å². The Balaban J connectivity index is 2.58. The van der Waals surface area contributed by atoms with Crippen LogP contribution in [0.4, 0.5) is 0 Å². The van der Waals surface area contributed by atoms with Gasteiger partial charge in [0.2, 0.25) is 0 Å². The van der Waals surface area contributed by atoms with Gasteiger partial charge in [0, 0.05) is 13.1 Å². The van der Waals surface area contributed by atoms with E-state index in [0.717, 1.165) is 25.2 Å². The Hall–Kier alpha value is -1.30. The molecule has 0 aromatic heterocycles. The average molecular weight is 296 g/mol. The summed E-state index contributed by atoms with van der Waals surface area (Å²) < 4.78 is 11.0. The maximum Gasteiger partial charge on any atom is 0.161 e. The fourth-order valence-corrected chi connectivity index (χ4v) is 2.16. The molecule has 0 fully saturated rings. The molecule has 1 unspecified atom stereocenters. The molecule has 0 aliphatic heterocycles. The lowest BCUT2D eigenvalue weighted by Gasteiger charge is -2.22. The molecule has 0 radical (unpaired) electrons. The van der Waals surface area contributed by atoms with E-state index in [-0.39, 0.29) is 6.61 Å². The largest absolute Gasteiger partial charge is 0.493 e. The maximum atomic E-state index is 10.0. The molecule has 21 heavy (non-hydrogen) atoms. The summed E-state index contributed by atoms with van der Waals surface area (Å²) in [6.07, 6.45) is -0.508. The highest BCUT2D eigenvalue weighted by molar-refractivity contribution is 5.42. The number of methoxy groups -OCH3 is 1. The smallest absolute Gasteiger partial charge is 0.161 e. The van der Waals surface area contributed by atoms with Crippen molar-refractivity contribution in [3.05, 3.63) is 23.8 Å². The molecule has 5 heteroatoms. The van der Waals surface area contributed by atoms with Gasteiger partial charge in [-0.25, -0.2) is 0 Å². The summed E-state index contributed by atoms with van der Waals surface area (Å²) in [4.78, 5) is 2.17. The zero-order chi connectivity index (χ0) is 15.7. The number of aliphatic hydroxyl groups excluding tert-OH is 1. The van der Waals surface area contributed by atoms with Gasteiger partial charge in [0.05, 0.1) is 7.11 Å². The molecule has 2 N–H and O–H groups in total. The maximum absolute atomic E-state index is 10.0. The minimum Gasteiger partial charge on any atom is -0.493 e. The van der Waals surface area contributed by atoms with Crippen LogP contribution < -0.4 is 14.8 Å². The van der Waals surface area contributed by atoms with Crippen molar-refractivity contribution in [1.82, 2.24) is 10.2 Å². The third-order valence-electron chi connectivity index (χ3n) is 3.40. The lowest BCUT2D eigenvalue weighted by Crippen LogP contribution is -2.35. The number of ether oxygens (including phenoxy) is 2. The van der Waals surface area contributed by atoms with Gasteiger partial charge in [0.25, 0.3) is 0 Å². The van der Waals surface area contributed by atoms with E-state index < -0.39 is 6.10 Å². The Morgan fingerprint density at radius 3 is 2.52 bits per heavy atom. The van der Waals surface area contributed by atoms with E-state index in [9.17, 15) is 5.11 Å². The molecule has 0 bridgehead atoms. The lowest BCUT2D eigenvalue weighted by molar-refractivity contribution is 0.0705. The Morgan fingerprint density at radius 2 is 1.95 bits per heavy atom. The summed E-state index contributed by atoms with van der Waals surface area (Å²) in [6.45, 7) is 7.68. The van der Waals surface area contributed by atoms with Gasteiger partial charge in [-0.2, -0.15) is 0 Å². The molecule has 1 aromatic rings. The molecule has 1 rings (SSSR count). The Bertz CT molecular complexity index is 409. The minimum absolute atomic E-state index is 0.262. The quantitative estimate of drug-likeness (QED) is 0.685. The Labute approximate surface area is 127 Å². The second-order valence-corrected chi connectivity index (χ2v) is 4.97. The number of nitrogens with zero attached hydrogens (tertiary/aromatic N) is 1. The van der Waals surface area contributed by atoms with Crippen LogP contribution in [0.25, 0.3) is 0 Å². The standard InChI is InChI=1S/C16H28N2O3/c1-5-18(6-2)11-14(19)12-21-15-8-7-13(10-17-3)9-16(15)20-4/h7-9,14,17,19H,5-6,10-12H2,1-4H3. The van der Waals surface area contributed by atoms with Crippen LogP contribution in [0.15, 0.2) is 18.2 Å². The van der Waals surface area contributed by atoms with Gasteiger partial charge in [-0.15, -0.1) is 0 Å². The third kappa shape index (κ3) is 5.91. The lowest BCUT2D eigenvalue weighted by atomic mass is 10.2. The summed E-state index contributed by atoms with van der Waals surface area (Å²) in [5.41, 5.74) is 1.13. The summed E-state index contributed by atoms with van der Waals surface area (Å²) in [7, 11) is 3.53. The number of aliphatic hydroxyl groups is 1. The summed E-state index contributed by atoms with van der Waals surface area (Å²) in [6, 6.07) is 5.82. The van der Waals surface area contributed by atoms with Gasteiger partial charge in [-0.3, -0.25) is 0 Å². The molecule has 0 spiro atoms. The van der Waals surface area contributed by atoms with E-state index in [0.29, 0.717) is 18.0 Å². The van der Waals surface area contributed by atoms with E-state index in [2.05, 4.69) is 24.1 Å². The molecule has 120 valence electrons. The molecule has 1 atom stereocenters. The number of rotatable bonds is 10. The van der Waals surface area contributed by atoms with Gasteiger partial charge in [0.15, 0.2) is 11.5 Å². The highest BCUT2D eigenvalue weighted by Gasteiger charge is 2.12. The van der Waals surface area contributed by atoms with Gasteiger partial charge >= 0.3 is 0 Å². The molecule has 0 aliphatic carbocycles. The topological polar surface area (TPSA) is 54.0 Å². The zero-order valence-electron chi connectivity index (χ0n) is 13.6. The predicted molar refractivity (Wildman–Crippen MR) is 85.0 cm³/mol. The fraction of sp³-hybridized carbons (Fsp3) is 0.625. The van der Waals surface area contributed by atoms with Crippen molar-refractivity contribution in [2.45, 2.75) is 26.5 Å². The number of nitrogens with one attached hydrogen (secondary N) is 1. The first-order chi connectivity index (χ1) is 10.1. The second kappa shape index (κ2) is 9.60. The van der Waals surface area contributed by atoms with Crippen molar-refractivity contribution in [3.8, 4) is 11.5 Å². The van der Waals surface area contributed by atoms with Crippen molar-refractivity contribution in [3.63, 3.8) is 0 Å². The minimum atomic E-state index is -0.508. The number of hydrogen-bond acceptors (Lipinski definition) is 5. The molecular weight excluding hydrogens is 268 g/mol. The van der Waals surface area contributed by atoms with Crippen LogP contribution in [0.1, 0.15) is 19.4 Å². The van der Waals surface area contributed by atoms with E-state index in [1.165, 1.54) is 0 Å². The van der Waals surface area contributed by atoms with Gasteiger partial charge in [-0.1, -0.05) is 19.9 Å².